The molecule has 124 valence electrons. The topological polar surface area (TPSA) is 46.1 Å². The smallest absolute Gasteiger partial charge is 0.137 e. The van der Waals surface area contributed by atoms with Crippen LogP contribution in [0.5, 0.6) is 5.75 Å². The average Bonchev–Trinajstić information content (AvgIpc) is 2.65. The largest absolute Gasteiger partial charge is 0.491 e. The molecule has 0 fully saturated rings. The van der Waals surface area contributed by atoms with E-state index in [1.54, 1.807) is 0 Å². The van der Waals surface area contributed by atoms with Gasteiger partial charge in [-0.2, -0.15) is 0 Å². The number of hydrogen-bond donors (Lipinski definition) is 2. The number of aliphatic hydroxyl groups excluding tert-OH is 1. The number of aliphatic hydroxyl groups is 1. The van der Waals surface area contributed by atoms with Gasteiger partial charge in [-0.15, -0.1) is 0 Å². The molecule has 0 saturated carbocycles. The predicted octanol–water partition coefficient (Wildman–Crippen LogP) is 2.90. The van der Waals surface area contributed by atoms with Gasteiger partial charge < -0.3 is 15.2 Å². The van der Waals surface area contributed by atoms with Crippen LogP contribution in [0, 0.1) is 0 Å². The second-order valence-corrected chi connectivity index (χ2v) is 6.14. The first-order valence-electron chi connectivity index (χ1n) is 8.40. The number of rotatable bonds is 7. The van der Waals surface area contributed by atoms with E-state index >= 15 is 0 Å². The van der Waals surface area contributed by atoms with Gasteiger partial charge in [0, 0.05) is 5.56 Å². The summed E-state index contributed by atoms with van der Waals surface area (Å²) in [5.41, 5.74) is 1.26. The molecule has 0 amide bonds. The van der Waals surface area contributed by atoms with Gasteiger partial charge in [0.1, 0.15) is 31.0 Å². The van der Waals surface area contributed by atoms with Gasteiger partial charge in [-0.25, -0.2) is 0 Å². The van der Waals surface area contributed by atoms with E-state index in [9.17, 15) is 5.11 Å². The van der Waals surface area contributed by atoms with Crippen molar-refractivity contribution < 1.29 is 15.2 Å². The minimum atomic E-state index is -0.498. The van der Waals surface area contributed by atoms with Crippen LogP contribution in [0.3, 0.4) is 0 Å². The number of quaternary nitrogens is 1. The standard InChI is InChI=1S/C21H23NO2/c1-16(17-7-3-2-4-8-17)22-14-20(23)15-24-21-12-11-18-9-5-6-10-19(18)13-21/h2-13,16,20,22-23H,14-15H2,1H3/p+1/t16-,20+/m1/s1. The second-order valence-electron chi connectivity index (χ2n) is 6.14. The van der Waals surface area contributed by atoms with Gasteiger partial charge in [-0.1, -0.05) is 60.7 Å². The molecule has 3 nitrogen and oxygen atoms in total. The Labute approximate surface area is 142 Å². The molecule has 24 heavy (non-hydrogen) atoms. The van der Waals surface area contributed by atoms with E-state index in [2.05, 4.69) is 36.5 Å². The SMILES string of the molecule is C[C@@H]([NH2+]C[C@H](O)COc1ccc2ccccc2c1)c1ccccc1. The van der Waals surface area contributed by atoms with E-state index in [-0.39, 0.29) is 0 Å². The van der Waals surface area contributed by atoms with Crippen molar-refractivity contribution in [3.8, 4) is 5.75 Å². The van der Waals surface area contributed by atoms with Crippen molar-refractivity contribution in [2.45, 2.75) is 19.1 Å². The van der Waals surface area contributed by atoms with Crippen LogP contribution < -0.4 is 10.1 Å². The molecule has 3 aromatic carbocycles. The Morgan fingerprint density at radius 1 is 0.917 bits per heavy atom. The maximum absolute atomic E-state index is 10.2. The normalized spacial score (nSPS) is 13.6. The number of nitrogens with two attached hydrogens (primary N) is 1. The Kier molecular flexibility index (Phi) is 5.47. The molecular formula is C21H24NO2+. The third-order valence-corrected chi connectivity index (χ3v) is 4.25. The molecule has 3 rings (SSSR count). The highest BCUT2D eigenvalue weighted by molar-refractivity contribution is 5.83. The summed E-state index contributed by atoms with van der Waals surface area (Å²) in [5.74, 6) is 0.795. The van der Waals surface area contributed by atoms with Gasteiger partial charge in [0.15, 0.2) is 0 Å². The van der Waals surface area contributed by atoms with Crippen LogP contribution >= 0.6 is 0 Å². The van der Waals surface area contributed by atoms with Crippen molar-refractivity contribution in [2.24, 2.45) is 0 Å². The van der Waals surface area contributed by atoms with Gasteiger partial charge in [0.05, 0.1) is 0 Å². The molecule has 0 aromatic heterocycles. The molecule has 3 heteroatoms. The van der Waals surface area contributed by atoms with Crippen LogP contribution in [-0.4, -0.2) is 24.4 Å². The lowest BCUT2D eigenvalue weighted by Crippen LogP contribution is -2.87. The fourth-order valence-electron chi connectivity index (χ4n) is 2.77. The van der Waals surface area contributed by atoms with Crippen LogP contribution in [0.4, 0.5) is 0 Å². The molecule has 3 aromatic rings. The van der Waals surface area contributed by atoms with E-state index in [0.717, 1.165) is 11.1 Å². The average molecular weight is 322 g/mol. The van der Waals surface area contributed by atoms with Gasteiger partial charge >= 0.3 is 0 Å². The predicted molar refractivity (Wildman–Crippen MR) is 97.1 cm³/mol. The summed E-state index contributed by atoms with van der Waals surface area (Å²) in [4.78, 5) is 0. The third kappa shape index (κ3) is 4.34. The van der Waals surface area contributed by atoms with Crippen LogP contribution in [0.15, 0.2) is 72.8 Å². The molecule has 0 aliphatic rings. The lowest BCUT2D eigenvalue weighted by atomic mass is 10.1. The molecule has 0 bridgehead atoms. The molecule has 0 saturated heterocycles. The Morgan fingerprint density at radius 2 is 1.62 bits per heavy atom. The first-order valence-corrected chi connectivity index (χ1v) is 8.40. The van der Waals surface area contributed by atoms with Crippen LogP contribution in [0.2, 0.25) is 0 Å². The molecular weight excluding hydrogens is 298 g/mol. The van der Waals surface area contributed by atoms with Gasteiger partial charge in [-0.05, 0) is 29.8 Å². The first-order chi connectivity index (χ1) is 11.7. The van der Waals surface area contributed by atoms with Crippen LogP contribution in [0.1, 0.15) is 18.5 Å². The summed E-state index contributed by atoms with van der Waals surface area (Å²) < 4.78 is 5.74. The highest BCUT2D eigenvalue weighted by Gasteiger charge is 2.12. The van der Waals surface area contributed by atoms with Gasteiger partial charge in [0.25, 0.3) is 0 Å². The number of ether oxygens (including phenoxy) is 1. The quantitative estimate of drug-likeness (QED) is 0.702. The van der Waals surface area contributed by atoms with Gasteiger partial charge in [-0.3, -0.25) is 0 Å². The lowest BCUT2D eigenvalue weighted by molar-refractivity contribution is -0.698. The van der Waals surface area contributed by atoms with Crippen molar-refractivity contribution >= 4 is 10.8 Å². The highest BCUT2D eigenvalue weighted by Crippen LogP contribution is 2.20. The zero-order valence-corrected chi connectivity index (χ0v) is 13.9. The third-order valence-electron chi connectivity index (χ3n) is 4.25. The fraction of sp³-hybridized carbons (Fsp3) is 0.238. The van der Waals surface area contributed by atoms with Crippen molar-refractivity contribution in [3.63, 3.8) is 0 Å². The zero-order valence-electron chi connectivity index (χ0n) is 13.9. The molecule has 0 spiro atoms. The molecule has 0 aliphatic carbocycles. The zero-order chi connectivity index (χ0) is 16.8. The summed E-state index contributed by atoms with van der Waals surface area (Å²) >= 11 is 0. The molecule has 0 radical (unpaired) electrons. The second kappa shape index (κ2) is 7.95. The summed E-state index contributed by atoms with van der Waals surface area (Å²) in [6.45, 7) is 3.06. The maximum atomic E-state index is 10.2. The highest BCUT2D eigenvalue weighted by atomic mass is 16.5. The van der Waals surface area contributed by atoms with Crippen LogP contribution in [0.25, 0.3) is 10.8 Å². The van der Waals surface area contributed by atoms with Crippen molar-refractivity contribution in [2.75, 3.05) is 13.2 Å². The molecule has 0 aliphatic heterocycles. The van der Waals surface area contributed by atoms with E-state index in [1.807, 2.05) is 48.5 Å². The lowest BCUT2D eigenvalue weighted by Gasteiger charge is -2.15. The van der Waals surface area contributed by atoms with Crippen molar-refractivity contribution in [1.29, 1.82) is 0 Å². The summed E-state index contributed by atoms with van der Waals surface area (Å²) in [5, 5.41) is 14.6. The van der Waals surface area contributed by atoms with E-state index in [4.69, 9.17) is 4.74 Å². The number of fused-ring (bicyclic) bond motifs is 1. The Hall–Kier alpha value is -2.36. The number of hydrogen-bond acceptors (Lipinski definition) is 2. The van der Waals surface area contributed by atoms with E-state index in [1.165, 1.54) is 10.9 Å². The maximum Gasteiger partial charge on any atom is 0.137 e. The van der Waals surface area contributed by atoms with E-state index < -0.39 is 6.10 Å². The molecule has 0 heterocycles. The van der Waals surface area contributed by atoms with Gasteiger partial charge in [0.2, 0.25) is 0 Å². The molecule has 0 unspecified atom stereocenters. The number of benzene rings is 3. The van der Waals surface area contributed by atoms with Crippen molar-refractivity contribution in [1.82, 2.24) is 0 Å². The minimum Gasteiger partial charge on any atom is -0.491 e. The van der Waals surface area contributed by atoms with E-state index in [0.29, 0.717) is 19.2 Å². The summed E-state index contributed by atoms with van der Waals surface area (Å²) in [6.07, 6.45) is -0.498. The molecule has 2 atom stereocenters. The fourth-order valence-corrected chi connectivity index (χ4v) is 2.77. The first kappa shape index (κ1) is 16.5. The minimum absolute atomic E-state index is 0.302. The Bertz CT molecular complexity index is 773. The Morgan fingerprint density at radius 3 is 2.42 bits per heavy atom. The summed E-state index contributed by atoms with van der Waals surface area (Å²) in [7, 11) is 0. The molecule has 3 N–H and O–H groups in total. The van der Waals surface area contributed by atoms with Crippen molar-refractivity contribution in [3.05, 3.63) is 78.4 Å². The monoisotopic (exact) mass is 322 g/mol. The summed E-state index contributed by atoms with van der Waals surface area (Å²) in [6, 6.07) is 24.8. The Balaban J connectivity index is 1.48. The van der Waals surface area contributed by atoms with Crippen LogP contribution in [-0.2, 0) is 0 Å².